The third-order valence-corrected chi connectivity index (χ3v) is 3.73. The van der Waals surface area contributed by atoms with E-state index in [1.807, 2.05) is 23.1 Å². The SMILES string of the molecule is COc1cccc(Br)c1C(=O)N1CCN[C@@H](C)C1. The van der Waals surface area contributed by atoms with Crippen LogP contribution < -0.4 is 10.1 Å². The fraction of sp³-hybridized carbons (Fsp3) is 0.462. The molecule has 1 heterocycles. The molecule has 1 aromatic carbocycles. The Morgan fingerprint density at radius 3 is 3.00 bits per heavy atom. The summed E-state index contributed by atoms with van der Waals surface area (Å²) in [6.07, 6.45) is 0. The van der Waals surface area contributed by atoms with Gasteiger partial charge in [0.1, 0.15) is 5.75 Å². The molecular formula is C13H17BrN2O2. The minimum Gasteiger partial charge on any atom is -0.496 e. The van der Waals surface area contributed by atoms with Crippen LogP contribution in [-0.2, 0) is 0 Å². The van der Waals surface area contributed by atoms with Gasteiger partial charge in [0.25, 0.3) is 5.91 Å². The first-order chi connectivity index (χ1) is 8.63. The van der Waals surface area contributed by atoms with Crippen LogP contribution in [0.25, 0.3) is 0 Å². The molecule has 1 aromatic rings. The molecule has 5 heteroatoms. The summed E-state index contributed by atoms with van der Waals surface area (Å²) in [5.74, 6) is 0.633. The molecule has 0 saturated carbocycles. The van der Waals surface area contributed by atoms with Crippen molar-refractivity contribution in [3.63, 3.8) is 0 Å². The molecule has 0 aromatic heterocycles. The lowest BCUT2D eigenvalue weighted by Crippen LogP contribution is -2.51. The minimum absolute atomic E-state index is 0.0210. The van der Waals surface area contributed by atoms with Crippen LogP contribution in [-0.4, -0.2) is 43.6 Å². The average molecular weight is 313 g/mol. The van der Waals surface area contributed by atoms with E-state index in [9.17, 15) is 4.79 Å². The van der Waals surface area contributed by atoms with Crippen molar-refractivity contribution in [2.45, 2.75) is 13.0 Å². The van der Waals surface area contributed by atoms with E-state index in [4.69, 9.17) is 4.74 Å². The summed E-state index contributed by atoms with van der Waals surface area (Å²) in [4.78, 5) is 14.4. The van der Waals surface area contributed by atoms with E-state index in [1.165, 1.54) is 0 Å². The van der Waals surface area contributed by atoms with Gasteiger partial charge in [0.2, 0.25) is 0 Å². The van der Waals surface area contributed by atoms with Gasteiger partial charge in [0.05, 0.1) is 12.7 Å². The lowest BCUT2D eigenvalue weighted by Gasteiger charge is -2.32. The van der Waals surface area contributed by atoms with Gasteiger partial charge < -0.3 is 15.0 Å². The van der Waals surface area contributed by atoms with Crippen LogP contribution in [0.2, 0.25) is 0 Å². The Morgan fingerprint density at radius 1 is 1.56 bits per heavy atom. The molecule has 0 unspecified atom stereocenters. The van der Waals surface area contributed by atoms with Crippen molar-refractivity contribution >= 4 is 21.8 Å². The van der Waals surface area contributed by atoms with Crippen LogP contribution >= 0.6 is 15.9 Å². The highest BCUT2D eigenvalue weighted by Gasteiger charge is 2.25. The fourth-order valence-electron chi connectivity index (χ4n) is 2.16. The Hall–Kier alpha value is -1.07. The van der Waals surface area contributed by atoms with Crippen molar-refractivity contribution in [3.05, 3.63) is 28.2 Å². The number of amides is 1. The zero-order chi connectivity index (χ0) is 13.1. The van der Waals surface area contributed by atoms with Crippen molar-refractivity contribution < 1.29 is 9.53 Å². The summed E-state index contributed by atoms with van der Waals surface area (Å²) in [6, 6.07) is 5.86. The third-order valence-electron chi connectivity index (χ3n) is 3.07. The predicted octanol–water partition coefficient (Wildman–Crippen LogP) is 1.89. The summed E-state index contributed by atoms with van der Waals surface area (Å²) in [7, 11) is 1.58. The van der Waals surface area contributed by atoms with E-state index in [0.717, 1.165) is 24.1 Å². The van der Waals surface area contributed by atoms with Gasteiger partial charge in [-0.25, -0.2) is 0 Å². The third kappa shape index (κ3) is 2.67. The molecule has 1 aliphatic rings. The van der Waals surface area contributed by atoms with E-state index in [0.29, 0.717) is 17.4 Å². The van der Waals surface area contributed by atoms with Crippen molar-refractivity contribution in [2.75, 3.05) is 26.7 Å². The van der Waals surface area contributed by atoms with Crippen LogP contribution in [0.1, 0.15) is 17.3 Å². The lowest BCUT2D eigenvalue weighted by atomic mass is 10.1. The largest absolute Gasteiger partial charge is 0.496 e. The van der Waals surface area contributed by atoms with Crippen molar-refractivity contribution in [3.8, 4) is 5.75 Å². The molecule has 1 amide bonds. The zero-order valence-electron chi connectivity index (χ0n) is 10.6. The number of methoxy groups -OCH3 is 1. The van der Waals surface area contributed by atoms with E-state index in [-0.39, 0.29) is 5.91 Å². The Kier molecular flexibility index (Phi) is 4.24. The molecule has 18 heavy (non-hydrogen) atoms. The Morgan fingerprint density at radius 2 is 2.33 bits per heavy atom. The monoisotopic (exact) mass is 312 g/mol. The van der Waals surface area contributed by atoms with Gasteiger partial charge >= 0.3 is 0 Å². The topological polar surface area (TPSA) is 41.6 Å². The molecule has 4 nitrogen and oxygen atoms in total. The van der Waals surface area contributed by atoms with Gasteiger partial charge in [-0.15, -0.1) is 0 Å². The van der Waals surface area contributed by atoms with Crippen LogP contribution in [0.5, 0.6) is 5.75 Å². The standard InChI is InChI=1S/C13H17BrN2O2/c1-9-8-16(7-6-15-9)13(17)12-10(14)4-3-5-11(12)18-2/h3-5,9,15H,6-8H2,1-2H3/t9-/m0/s1. The number of rotatable bonds is 2. The number of carbonyl (C=O) groups excluding carboxylic acids is 1. The summed E-state index contributed by atoms with van der Waals surface area (Å²) in [6.45, 7) is 4.37. The molecule has 0 bridgehead atoms. The molecule has 1 aliphatic heterocycles. The van der Waals surface area contributed by atoms with E-state index in [2.05, 4.69) is 28.2 Å². The van der Waals surface area contributed by atoms with Gasteiger partial charge in [-0.05, 0) is 35.0 Å². The van der Waals surface area contributed by atoms with E-state index in [1.54, 1.807) is 7.11 Å². The molecule has 0 aliphatic carbocycles. The number of hydrogen-bond donors (Lipinski definition) is 1. The highest BCUT2D eigenvalue weighted by Crippen LogP contribution is 2.28. The number of carbonyl (C=O) groups is 1. The van der Waals surface area contributed by atoms with Gasteiger partial charge in [-0.1, -0.05) is 6.07 Å². The Balaban J connectivity index is 2.28. The minimum atomic E-state index is 0.0210. The molecule has 0 spiro atoms. The Labute approximate surface area is 115 Å². The maximum atomic E-state index is 12.5. The van der Waals surface area contributed by atoms with Gasteiger partial charge in [-0.3, -0.25) is 4.79 Å². The number of halogens is 1. The second kappa shape index (κ2) is 5.71. The second-order valence-corrected chi connectivity index (χ2v) is 5.28. The summed E-state index contributed by atoms with van der Waals surface area (Å²) in [5.41, 5.74) is 0.606. The number of benzene rings is 1. The normalized spacial score (nSPS) is 19.7. The second-order valence-electron chi connectivity index (χ2n) is 4.42. The number of nitrogens with one attached hydrogen (secondary N) is 1. The Bertz CT molecular complexity index is 451. The number of piperazine rings is 1. The van der Waals surface area contributed by atoms with Crippen LogP contribution in [0.15, 0.2) is 22.7 Å². The first-order valence-corrected chi connectivity index (χ1v) is 6.78. The predicted molar refractivity (Wildman–Crippen MR) is 74.1 cm³/mol. The van der Waals surface area contributed by atoms with Crippen molar-refractivity contribution in [2.24, 2.45) is 0 Å². The van der Waals surface area contributed by atoms with Gasteiger partial charge in [0.15, 0.2) is 0 Å². The molecule has 1 fully saturated rings. The van der Waals surface area contributed by atoms with E-state index >= 15 is 0 Å². The van der Waals surface area contributed by atoms with Gasteiger partial charge in [-0.2, -0.15) is 0 Å². The zero-order valence-corrected chi connectivity index (χ0v) is 12.2. The number of nitrogens with zero attached hydrogens (tertiary/aromatic N) is 1. The number of ether oxygens (including phenoxy) is 1. The molecule has 98 valence electrons. The van der Waals surface area contributed by atoms with Crippen molar-refractivity contribution in [1.29, 1.82) is 0 Å². The van der Waals surface area contributed by atoms with Crippen molar-refractivity contribution in [1.82, 2.24) is 10.2 Å². The molecule has 1 N–H and O–H groups in total. The van der Waals surface area contributed by atoms with E-state index < -0.39 is 0 Å². The first-order valence-electron chi connectivity index (χ1n) is 5.98. The van der Waals surface area contributed by atoms with Crippen LogP contribution in [0, 0.1) is 0 Å². The highest BCUT2D eigenvalue weighted by molar-refractivity contribution is 9.10. The van der Waals surface area contributed by atoms with Crippen LogP contribution in [0.4, 0.5) is 0 Å². The summed E-state index contributed by atoms with van der Waals surface area (Å²) >= 11 is 3.43. The molecule has 1 saturated heterocycles. The number of hydrogen-bond acceptors (Lipinski definition) is 3. The first kappa shape index (κ1) is 13.4. The smallest absolute Gasteiger partial charge is 0.258 e. The maximum absolute atomic E-state index is 12.5. The lowest BCUT2D eigenvalue weighted by molar-refractivity contribution is 0.0704. The summed E-state index contributed by atoms with van der Waals surface area (Å²) < 4.78 is 6.05. The average Bonchev–Trinajstić information content (AvgIpc) is 2.37. The molecule has 1 atom stereocenters. The molecule has 0 radical (unpaired) electrons. The molecule has 2 rings (SSSR count). The van der Waals surface area contributed by atoms with Crippen LogP contribution in [0.3, 0.4) is 0 Å². The maximum Gasteiger partial charge on any atom is 0.258 e. The quantitative estimate of drug-likeness (QED) is 0.907. The van der Waals surface area contributed by atoms with Gasteiger partial charge in [0, 0.05) is 30.1 Å². The summed E-state index contributed by atoms with van der Waals surface area (Å²) in [5, 5.41) is 3.32. The molecular weight excluding hydrogens is 296 g/mol. The highest BCUT2D eigenvalue weighted by atomic mass is 79.9. The fourth-order valence-corrected chi connectivity index (χ4v) is 2.67.